The number of ether oxygens (including phenoxy) is 1. The largest absolute Gasteiger partial charge is 0.481 e. The van der Waals surface area contributed by atoms with Gasteiger partial charge in [-0.25, -0.2) is 0 Å². The minimum atomic E-state index is -0.825. The zero-order valence-corrected chi connectivity index (χ0v) is 11.3. The number of thioether (sulfide) groups is 1. The van der Waals surface area contributed by atoms with Gasteiger partial charge in [-0.15, -0.1) is 0 Å². The van der Waals surface area contributed by atoms with E-state index in [-0.39, 0.29) is 17.4 Å². The van der Waals surface area contributed by atoms with E-state index in [1.807, 2.05) is 32.0 Å². The van der Waals surface area contributed by atoms with Crippen LogP contribution in [0.2, 0.25) is 0 Å². The quantitative estimate of drug-likeness (QED) is 0.877. The topological polar surface area (TPSA) is 72.5 Å². The molecule has 0 radical (unpaired) electrons. The van der Waals surface area contributed by atoms with Gasteiger partial charge in [0.2, 0.25) is 0 Å². The Kier molecular flexibility index (Phi) is 3.54. The van der Waals surface area contributed by atoms with Gasteiger partial charge in [0.1, 0.15) is 5.75 Å². The van der Waals surface area contributed by atoms with Gasteiger partial charge in [-0.1, -0.05) is 23.9 Å². The summed E-state index contributed by atoms with van der Waals surface area (Å²) in [5.74, 6) is -0.0148. The van der Waals surface area contributed by atoms with E-state index in [2.05, 4.69) is 0 Å². The van der Waals surface area contributed by atoms with E-state index in [9.17, 15) is 4.79 Å². The van der Waals surface area contributed by atoms with Gasteiger partial charge in [0, 0.05) is 18.0 Å². The van der Waals surface area contributed by atoms with Crippen LogP contribution in [-0.2, 0) is 4.79 Å². The minimum absolute atomic E-state index is 0.0708. The number of hydrogen-bond acceptors (Lipinski definition) is 4. The third kappa shape index (κ3) is 2.79. The Morgan fingerprint density at radius 1 is 1.56 bits per heavy atom. The normalized spacial score (nSPS) is 17.9. The van der Waals surface area contributed by atoms with Crippen LogP contribution in [0, 0.1) is 0 Å². The molecule has 18 heavy (non-hydrogen) atoms. The molecule has 0 spiro atoms. The standard InChI is InChI=1S/C13H17NO3S/c1-13(2)17-12-8(4-3-5-10(12)18-13)9(14)6-7-11(15)16/h3-5,9H,6-7,14H2,1-2H3,(H,15,16). The van der Waals surface area contributed by atoms with Gasteiger partial charge >= 0.3 is 5.97 Å². The highest BCUT2D eigenvalue weighted by atomic mass is 32.2. The molecular weight excluding hydrogens is 250 g/mol. The molecule has 5 heteroatoms. The molecule has 1 atom stereocenters. The fourth-order valence-corrected chi connectivity index (χ4v) is 3.03. The van der Waals surface area contributed by atoms with E-state index in [0.29, 0.717) is 6.42 Å². The smallest absolute Gasteiger partial charge is 0.303 e. The van der Waals surface area contributed by atoms with Crippen molar-refractivity contribution in [2.24, 2.45) is 5.73 Å². The fraction of sp³-hybridized carbons (Fsp3) is 0.462. The van der Waals surface area contributed by atoms with E-state index >= 15 is 0 Å². The molecule has 1 unspecified atom stereocenters. The molecule has 0 saturated carbocycles. The van der Waals surface area contributed by atoms with Crippen LogP contribution in [-0.4, -0.2) is 16.0 Å². The highest BCUT2D eigenvalue weighted by Crippen LogP contribution is 2.49. The van der Waals surface area contributed by atoms with Gasteiger partial charge in [-0.2, -0.15) is 0 Å². The Morgan fingerprint density at radius 2 is 2.28 bits per heavy atom. The maximum absolute atomic E-state index is 10.6. The van der Waals surface area contributed by atoms with Crippen LogP contribution in [0.3, 0.4) is 0 Å². The predicted octanol–water partition coefficient (Wildman–Crippen LogP) is 2.77. The lowest BCUT2D eigenvalue weighted by Crippen LogP contribution is -2.20. The summed E-state index contributed by atoms with van der Waals surface area (Å²) >= 11 is 1.66. The molecule has 0 aromatic heterocycles. The Hall–Kier alpha value is -1.20. The van der Waals surface area contributed by atoms with Crippen molar-refractivity contribution in [1.82, 2.24) is 0 Å². The fourth-order valence-electron chi connectivity index (χ4n) is 1.98. The van der Waals surface area contributed by atoms with Crippen LogP contribution in [0.15, 0.2) is 23.1 Å². The molecule has 0 aliphatic carbocycles. The molecule has 1 aliphatic heterocycles. The van der Waals surface area contributed by atoms with Crippen LogP contribution < -0.4 is 10.5 Å². The van der Waals surface area contributed by atoms with E-state index in [4.69, 9.17) is 15.6 Å². The van der Waals surface area contributed by atoms with Gasteiger partial charge in [0.15, 0.2) is 4.93 Å². The zero-order chi connectivity index (χ0) is 13.3. The van der Waals surface area contributed by atoms with Gasteiger partial charge < -0.3 is 15.6 Å². The van der Waals surface area contributed by atoms with E-state index < -0.39 is 5.97 Å². The lowest BCUT2D eigenvalue weighted by atomic mass is 10.0. The summed E-state index contributed by atoms with van der Waals surface area (Å²) in [7, 11) is 0. The lowest BCUT2D eigenvalue weighted by Gasteiger charge is -2.19. The average Bonchev–Trinajstić information content (AvgIpc) is 2.59. The second kappa shape index (κ2) is 4.82. The molecule has 1 aromatic rings. The van der Waals surface area contributed by atoms with Crippen molar-refractivity contribution < 1.29 is 14.6 Å². The molecule has 2 rings (SSSR count). The highest BCUT2D eigenvalue weighted by Gasteiger charge is 2.33. The maximum Gasteiger partial charge on any atom is 0.303 e. The minimum Gasteiger partial charge on any atom is -0.481 e. The molecule has 1 heterocycles. The van der Waals surface area contributed by atoms with Crippen LogP contribution in [0.4, 0.5) is 0 Å². The van der Waals surface area contributed by atoms with Crippen molar-refractivity contribution in [2.45, 2.75) is 42.6 Å². The molecule has 98 valence electrons. The Balaban J connectivity index is 2.21. The van der Waals surface area contributed by atoms with Crippen molar-refractivity contribution in [1.29, 1.82) is 0 Å². The van der Waals surface area contributed by atoms with Crippen LogP contribution >= 0.6 is 11.8 Å². The zero-order valence-electron chi connectivity index (χ0n) is 10.5. The summed E-state index contributed by atoms with van der Waals surface area (Å²) in [5, 5.41) is 8.69. The van der Waals surface area contributed by atoms with Gasteiger partial charge in [-0.05, 0) is 26.3 Å². The first-order valence-electron chi connectivity index (χ1n) is 5.87. The molecule has 0 bridgehead atoms. The number of fused-ring (bicyclic) bond motifs is 1. The lowest BCUT2D eigenvalue weighted by molar-refractivity contribution is -0.137. The second-order valence-corrected chi connectivity index (χ2v) is 6.44. The highest BCUT2D eigenvalue weighted by molar-refractivity contribution is 8.00. The number of carboxylic acids is 1. The summed E-state index contributed by atoms with van der Waals surface area (Å²) < 4.78 is 5.89. The number of carboxylic acid groups (broad SMARTS) is 1. The van der Waals surface area contributed by atoms with E-state index in [0.717, 1.165) is 16.2 Å². The summed E-state index contributed by atoms with van der Waals surface area (Å²) in [6, 6.07) is 5.55. The number of benzene rings is 1. The monoisotopic (exact) mass is 267 g/mol. The molecule has 0 fully saturated rings. The number of carbonyl (C=O) groups is 1. The molecule has 0 saturated heterocycles. The first-order chi connectivity index (χ1) is 8.39. The second-order valence-electron chi connectivity index (χ2n) is 4.82. The first kappa shape index (κ1) is 13.2. The SMILES string of the molecule is CC1(C)Oc2c(cccc2C(N)CCC(=O)O)S1. The van der Waals surface area contributed by atoms with Crippen molar-refractivity contribution in [3.05, 3.63) is 23.8 Å². The summed E-state index contributed by atoms with van der Waals surface area (Å²) in [5.41, 5.74) is 6.95. The number of hydrogen-bond donors (Lipinski definition) is 2. The number of nitrogens with two attached hydrogens (primary N) is 1. The average molecular weight is 267 g/mol. The van der Waals surface area contributed by atoms with Crippen molar-refractivity contribution in [2.75, 3.05) is 0 Å². The van der Waals surface area contributed by atoms with E-state index in [1.54, 1.807) is 11.8 Å². The summed E-state index contributed by atoms with van der Waals surface area (Å²) in [6.45, 7) is 4.01. The van der Waals surface area contributed by atoms with Crippen molar-refractivity contribution >= 4 is 17.7 Å². The summed E-state index contributed by atoms with van der Waals surface area (Å²) in [4.78, 5) is 11.4. The number of rotatable bonds is 4. The molecule has 3 N–H and O–H groups in total. The Labute approximate surface area is 111 Å². The van der Waals surface area contributed by atoms with Crippen LogP contribution in [0.5, 0.6) is 5.75 Å². The van der Waals surface area contributed by atoms with Crippen molar-refractivity contribution in [3.8, 4) is 5.75 Å². The molecule has 0 amide bonds. The molecular formula is C13H17NO3S. The van der Waals surface area contributed by atoms with Gasteiger partial charge in [-0.3, -0.25) is 4.79 Å². The van der Waals surface area contributed by atoms with Gasteiger partial charge in [0.05, 0.1) is 4.90 Å². The van der Waals surface area contributed by atoms with Crippen LogP contribution in [0.25, 0.3) is 0 Å². The maximum atomic E-state index is 10.6. The van der Waals surface area contributed by atoms with Gasteiger partial charge in [0.25, 0.3) is 0 Å². The van der Waals surface area contributed by atoms with Crippen LogP contribution in [0.1, 0.15) is 38.3 Å². The third-order valence-corrected chi connectivity index (χ3v) is 3.90. The Morgan fingerprint density at radius 3 is 2.94 bits per heavy atom. The molecule has 1 aromatic carbocycles. The van der Waals surface area contributed by atoms with Crippen molar-refractivity contribution in [3.63, 3.8) is 0 Å². The number of aliphatic carboxylic acids is 1. The molecule has 4 nitrogen and oxygen atoms in total. The molecule has 1 aliphatic rings. The van der Waals surface area contributed by atoms with E-state index in [1.165, 1.54) is 0 Å². The third-order valence-electron chi connectivity index (χ3n) is 2.78. The number of para-hydroxylation sites is 1. The first-order valence-corrected chi connectivity index (χ1v) is 6.69. The Bertz CT molecular complexity index is 473. The predicted molar refractivity (Wildman–Crippen MR) is 70.8 cm³/mol. The summed E-state index contributed by atoms with van der Waals surface area (Å²) in [6.07, 6.45) is 0.488.